The van der Waals surface area contributed by atoms with Gasteiger partial charge in [-0.3, -0.25) is 0 Å². The zero-order valence-electron chi connectivity index (χ0n) is 13.4. The third kappa shape index (κ3) is 2.89. The minimum Gasteiger partial charge on any atom is -0.478 e. The van der Waals surface area contributed by atoms with E-state index >= 15 is 0 Å². The topological polar surface area (TPSA) is 78.8 Å². The van der Waals surface area contributed by atoms with E-state index in [2.05, 4.69) is 19.2 Å². The number of carboxylic acids is 1. The number of aliphatic hydroxyl groups is 1. The Labute approximate surface area is 131 Å². The van der Waals surface area contributed by atoms with Crippen LogP contribution < -0.4 is 5.32 Å². The third-order valence-electron chi connectivity index (χ3n) is 5.01. The Morgan fingerprint density at radius 3 is 2.73 bits per heavy atom. The summed E-state index contributed by atoms with van der Waals surface area (Å²) in [6, 6.07) is 6.86. The molecule has 0 radical (unpaired) electrons. The van der Waals surface area contributed by atoms with E-state index < -0.39 is 11.5 Å². The van der Waals surface area contributed by atoms with E-state index in [0.717, 1.165) is 12.0 Å². The van der Waals surface area contributed by atoms with E-state index in [1.165, 1.54) is 0 Å². The molecule has 0 saturated heterocycles. The molecule has 0 aliphatic heterocycles. The van der Waals surface area contributed by atoms with E-state index in [1.807, 2.05) is 13.0 Å². The van der Waals surface area contributed by atoms with Crippen LogP contribution in [0.5, 0.6) is 0 Å². The van der Waals surface area contributed by atoms with E-state index in [-0.39, 0.29) is 23.7 Å². The van der Waals surface area contributed by atoms with Crippen LogP contribution in [-0.2, 0) is 11.3 Å². The van der Waals surface area contributed by atoms with Crippen molar-refractivity contribution in [3.8, 4) is 0 Å². The largest absolute Gasteiger partial charge is 0.478 e. The van der Waals surface area contributed by atoms with Gasteiger partial charge in [0.15, 0.2) is 0 Å². The summed E-state index contributed by atoms with van der Waals surface area (Å²) < 4.78 is 5.72. The minimum atomic E-state index is -0.931. The molecule has 2 unspecified atom stereocenters. The lowest BCUT2D eigenvalue weighted by molar-refractivity contribution is -0.177. The van der Waals surface area contributed by atoms with E-state index in [0.29, 0.717) is 13.2 Å². The van der Waals surface area contributed by atoms with Crippen LogP contribution >= 0.6 is 0 Å². The molecule has 0 bridgehead atoms. The smallest absolute Gasteiger partial charge is 0.335 e. The Kier molecular flexibility index (Phi) is 4.90. The molecule has 1 aromatic carbocycles. The first kappa shape index (κ1) is 16.9. The number of aliphatic hydroxyl groups excluding tert-OH is 1. The Hall–Kier alpha value is -1.43. The number of nitrogens with one attached hydrogen (secondary N) is 1. The number of hydrogen-bond acceptors (Lipinski definition) is 4. The lowest BCUT2D eigenvalue weighted by Gasteiger charge is -2.60. The van der Waals surface area contributed by atoms with Crippen molar-refractivity contribution >= 4 is 5.97 Å². The summed E-state index contributed by atoms with van der Waals surface area (Å²) in [4.78, 5) is 11.0. The van der Waals surface area contributed by atoms with Crippen LogP contribution in [0.3, 0.4) is 0 Å². The van der Waals surface area contributed by atoms with Gasteiger partial charge in [0.25, 0.3) is 0 Å². The van der Waals surface area contributed by atoms with Crippen LogP contribution in [0.15, 0.2) is 24.3 Å². The van der Waals surface area contributed by atoms with Gasteiger partial charge in [0, 0.05) is 18.6 Å². The zero-order chi connectivity index (χ0) is 16.4. The highest BCUT2D eigenvalue weighted by atomic mass is 16.5. The maximum absolute atomic E-state index is 11.0. The molecule has 0 spiro atoms. The molecular weight excluding hydrogens is 282 g/mol. The number of carbonyl (C=O) groups is 1. The lowest BCUT2D eigenvalue weighted by atomic mass is 9.54. The molecule has 1 fully saturated rings. The van der Waals surface area contributed by atoms with Crippen LogP contribution in [0.4, 0.5) is 0 Å². The van der Waals surface area contributed by atoms with Crippen molar-refractivity contribution in [3.63, 3.8) is 0 Å². The summed E-state index contributed by atoms with van der Waals surface area (Å²) in [7, 11) is 0. The van der Waals surface area contributed by atoms with Gasteiger partial charge in [0.2, 0.25) is 0 Å². The summed E-state index contributed by atoms with van der Waals surface area (Å²) in [6.07, 6.45) is 0.880. The second-order valence-corrected chi connectivity index (χ2v) is 6.47. The van der Waals surface area contributed by atoms with E-state index in [4.69, 9.17) is 9.84 Å². The van der Waals surface area contributed by atoms with Gasteiger partial charge in [-0.1, -0.05) is 26.0 Å². The number of rotatable bonds is 7. The molecule has 1 aliphatic rings. The molecule has 5 heteroatoms. The van der Waals surface area contributed by atoms with Gasteiger partial charge >= 0.3 is 5.97 Å². The quantitative estimate of drug-likeness (QED) is 0.718. The van der Waals surface area contributed by atoms with Gasteiger partial charge in [0.1, 0.15) is 0 Å². The second-order valence-electron chi connectivity index (χ2n) is 6.47. The molecule has 0 heterocycles. The van der Waals surface area contributed by atoms with Crippen LogP contribution in [-0.4, -0.2) is 41.0 Å². The SMILES string of the molecule is CCOC1CC(CO)(NCc2cccc(C(=O)O)c2)C1(C)C. The first-order chi connectivity index (χ1) is 10.4. The lowest BCUT2D eigenvalue weighted by Crippen LogP contribution is -2.73. The number of ether oxygens (including phenoxy) is 1. The normalized spacial score (nSPS) is 26.5. The van der Waals surface area contributed by atoms with Crippen LogP contribution in [0.25, 0.3) is 0 Å². The Morgan fingerprint density at radius 1 is 1.45 bits per heavy atom. The van der Waals surface area contributed by atoms with Crippen molar-refractivity contribution in [1.82, 2.24) is 5.32 Å². The number of hydrogen-bond donors (Lipinski definition) is 3. The van der Waals surface area contributed by atoms with Gasteiger partial charge in [-0.15, -0.1) is 0 Å². The van der Waals surface area contributed by atoms with Crippen LogP contribution in [0.1, 0.15) is 43.1 Å². The average Bonchev–Trinajstić information content (AvgIpc) is 2.50. The molecule has 1 aromatic rings. The van der Waals surface area contributed by atoms with Crippen molar-refractivity contribution in [2.45, 2.75) is 45.4 Å². The first-order valence-electron chi connectivity index (χ1n) is 7.66. The summed E-state index contributed by atoms with van der Waals surface area (Å²) in [5, 5.41) is 22.3. The van der Waals surface area contributed by atoms with E-state index in [1.54, 1.807) is 18.2 Å². The van der Waals surface area contributed by atoms with Crippen LogP contribution in [0, 0.1) is 5.41 Å². The van der Waals surface area contributed by atoms with Crippen molar-refractivity contribution < 1.29 is 19.7 Å². The molecule has 122 valence electrons. The number of aromatic carboxylic acids is 1. The van der Waals surface area contributed by atoms with Gasteiger partial charge < -0.3 is 20.3 Å². The molecule has 0 aromatic heterocycles. The Balaban J connectivity index is 2.06. The standard InChI is InChI=1S/C17H25NO4/c1-4-22-14-9-17(11-19,16(14,2)3)18-10-12-6-5-7-13(8-12)15(20)21/h5-8,14,18-19H,4,9-11H2,1-3H3,(H,20,21). The highest BCUT2D eigenvalue weighted by Crippen LogP contribution is 2.51. The van der Waals surface area contributed by atoms with Gasteiger partial charge in [-0.05, 0) is 31.0 Å². The van der Waals surface area contributed by atoms with Crippen LogP contribution in [0.2, 0.25) is 0 Å². The fourth-order valence-electron chi connectivity index (χ4n) is 3.19. The highest BCUT2D eigenvalue weighted by Gasteiger charge is 2.60. The van der Waals surface area contributed by atoms with Gasteiger partial charge in [-0.2, -0.15) is 0 Å². The summed E-state index contributed by atoms with van der Waals surface area (Å²) >= 11 is 0. The van der Waals surface area contributed by atoms with Gasteiger partial charge in [0.05, 0.1) is 23.8 Å². The predicted octanol–water partition coefficient (Wildman–Crippen LogP) is 2.04. The zero-order valence-corrected chi connectivity index (χ0v) is 13.4. The fourth-order valence-corrected chi connectivity index (χ4v) is 3.19. The number of benzene rings is 1. The molecule has 2 rings (SSSR count). The molecule has 0 amide bonds. The Morgan fingerprint density at radius 2 is 2.18 bits per heavy atom. The van der Waals surface area contributed by atoms with Crippen molar-refractivity contribution in [3.05, 3.63) is 35.4 Å². The van der Waals surface area contributed by atoms with Gasteiger partial charge in [-0.25, -0.2) is 4.79 Å². The summed E-state index contributed by atoms with van der Waals surface area (Å²) in [6.45, 7) is 7.36. The predicted molar refractivity (Wildman–Crippen MR) is 83.9 cm³/mol. The summed E-state index contributed by atoms with van der Waals surface area (Å²) in [5.74, 6) is -0.931. The molecule has 2 atom stereocenters. The van der Waals surface area contributed by atoms with Crippen molar-refractivity contribution in [2.24, 2.45) is 5.41 Å². The number of carboxylic acid groups (broad SMARTS) is 1. The molecule has 1 aliphatic carbocycles. The minimum absolute atomic E-state index is 0.0300. The van der Waals surface area contributed by atoms with E-state index in [9.17, 15) is 9.90 Å². The van der Waals surface area contributed by atoms with Crippen molar-refractivity contribution in [1.29, 1.82) is 0 Å². The maximum atomic E-state index is 11.0. The molecule has 3 N–H and O–H groups in total. The monoisotopic (exact) mass is 307 g/mol. The maximum Gasteiger partial charge on any atom is 0.335 e. The third-order valence-corrected chi connectivity index (χ3v) is 5.01. The molecule has 1 saturated carbocycles. The fraction of sp³-hybridized carbons (Fsp3) is 0.588. The second kappa shape index (κ2) is 6.36. The molecular formula is C17H25NO4. The highest BCUT2D eigenvalue weighted by molar-refractivity contribution is 5.87. The molecule has 22 heavy (non-hydrogen) atoms. The first-order valence-corrected chi connectivity index (χ1v) is 7.66. The Bertz CT molecular complexity index is 543. The summed E-state index contributed by atoms with van der Waals surface area (Å²) in [5.41, 5.74) is 0.592. The van der Waals surface area contributed by atoms with Crippen molar-refractivity contribution in [2.75, 3.05) is 13.2 Å². The molecule has 5 nitrogen and oxygen atoms in total. The average molecular weight is 307 g/mol.